The number of fused-ring (bicyclic) bond motifs is 1. The molecule has 182 valence electrons. The second-order valence-electron chi connectivity index (χ2n) is 8.53. The number of anilines is 1. The van der Waals surface area contributed by atoms with Crippen LogP contribution in [0.4, 0.5) is 5.13 Å². The van der Waals surface area contributed by atoms with Gasteiger partial charge in [-0.1, -0.05) is 36.5 Å². The summed E-state index contributed by atoms with van der Waals surface area (Å²) in [5, 5.41) is 2.37. The Labute approximate surface area is 213 Å². The SMILES string of the molecule is CCc1ccc2nc(N(Cc3ccccn3)C(=O)C3CCCN(S(=O)(=O)c4cccs4)C3)sc2c1. The molecule has 35 heavy (non-hydrogen) atoms. The molecule has 5 rings (SSSR count). The number of carbonyl (C=O) groups is 1. The predicted octanol–water partition coefficient (Wildman–Crippen LogP) is 4.95. The number of hydrogen-bond acceptors (Lipinski definition) is 7. The number of hydrogen-bond donors (Lipinski definition) is 0. The summed E-state index contributed by atoms with van der Waals surface area (Å²) in [7, 11) is -3.61. The highest BCUT2D eigenvalue weighted by Gasteiger charge is 2.36. The average molecular weight is 527 g/mol. The van der Waals surface area contributed by atoms with Crippen LogP contribution in [0, 0.1) is 5.92 Å². The lowest BCUT2D eigenvalue weighted by Crippen LogP contribution is -2.46. The van der Waals surface area contributed by atoms with Gasteiger partial charge in [0.15, 0.2) is 5.13 Å². The molecule has 1 unspecified atom stereocenters. The number of thiazole rings is 1. The molecule has 1 amide bonds. The maximum atomic E-state index is 13.9. The average Bonchev–Trinajstić information content (AvgIpc) is 3.58. The summed E-state index contributed by atoms with van der Waals surface area (Å²) >= 11 is 2.69. The third-order valence-corrected chi connectivity index (χ3v) is 10.5. The Morgan fingerprint density at radius 1 is 1.20 bits per heavy atom. The van der Waals surface area contributed by atoms with E-state index in [-0.39, 0.29) is 19.0 Å². The third-order valence-electron chi connectivity index (χ3n) is 6.22. The summed E-state index contributed by atoms with van der Waals surface area (Å²) in [4.78, 5) is 24.8. The lowest BCUT2D eigenvalue weighted by atomic mass is 9.98. The van der Waals surface area contributed by atoms with Crippen molar-refractivity contribution in [3.63, 3.8) is 0 Å². The van der Waals surface area contributed by atoms with Crippen LogP contribution in [-0.4, -0.2) is 41.7 Å². The first-order valence-electron chi connectivity index (χ1n) is 11.6. The van der Waals surface area contributed by atoms with E-state index < -0.39 is 15.9 Å². The maximum Gasteiger partial charge on any atom is 0.252 e. The summed E-state index contributed by atoms with van der Waals surface area (Å²) in [6, 6.07) is 15.1. The Morgan fingerprint density at radius 3 is 2.83 bits per heavy atom. The highest BCUT2D eigenvalue weighted by Crippen LogP contribution is 2.33. The number of amides is 1. The Balaban J connectivity index is 1.46. The van der Waals surface area contributed by atoms with Gasteiger partial charge in [0.1, 0.15) is 4.21 Å². The second kappa shape index (κ2) is 10.1. The lowest BCUT2D eigenvalue weighted by molar-refractivity contribution is -0.123. The number of carbonyl (C=O) groups excluding carboxylic acids is 1. The number of rotatable bonds is 7. The number of aromatic nitrogens is 2. The van der Waals surface area contributed by atoms with Crippen molar-refractivity contribution in [1.82, 2.24) is 14.3 Å². The molecule has 3 aromatic heterocycles. The molecule has 4 heterocycles. The minimum Gasteiger partial charge on any atom is -0.282 e. The molecular formula is C25H26N4O3S3. The molecule has 1 saturated heterocycles. The van der Waals surface area contributed by atoms with Gasteiger partial charge in [-0.25, -0.2) is 13.4 Å². The van der Waals surface area contributed by atoms with Gasteiger partial charge in [-0.05, 0) is 60.5 Å². The van der Waals surface area contributed by atoms with Gasteiger partial charge in [0.25, 0.3) is 10.0 Å². The summed E-state index contributed by atoms with van der Waals surface area (Å²) in [5.41, 5.74) is 2.83. The molecule has 1 aliphatic rings. The quantitative estimate of drug-likeness (QED) is 0.340. The van der Waals surface area contributed by atoms with E-state index in [0.29, 0.717) is 28.7 Å². The van der Waals surface area contributed by atoms with E-state index in [9.17, 15) is 13.2 Å². The van der Waals surface area contributed by atoms with Crippen molar-refractivity contribution in [2.45, 2.75) is 36.9 Å². The van der Waals surface area contributed by atoms with Gasteiger partial charge in [0, 0.05) is 19.3 Å². The zero-order chi connectivity index (χ0) is 24.4. The Kier molecular flexibility index (Phi) is 6.97. The van der Waals surface area contributed by atoms with Crippen LogP contribution < -0.4 is 4.90 Å². The van der Waals surface area contributed by atoms with Gasteiger partial charge < -0.3 is 0 Å². The fourth-order valence-corrected chi connectivity index (χ4v) is 8.01. The lowest BCUT2D eigenvalue weighted by Gasteiger charge is -2.33. The molecular weight excluding hydrogens is 501 g/mol. The van der Waals surface area contributed by atoms with Crippen LogP contribution >= 0.6 is 22.7 Å². The van der Waals surface area contributed by atoms with Gasteiger partial charge in [-0.2, -0.15) is 4.31 Å². The fraction of sp³-hybridized carbons (Fsp3) is 0.320. The molecule has 4 aromatic rings. The number of aryl methyl sites for hydroxylation is 1. The topological polar surface area (TPSA) is 83.5 Å². The molecule has 0 saturated carbocycles. The summed E-state index contributed by atoms with van der Waals surface area (Å²) in [6.07, 6.45) is 3.91. The maximum absolute atomic E-state index is 13.9. The standard InChI is InChI=1S/C25H26N4O3S3/c1-2-18-10-11-21-22(15-18)34-25(27-21)29(17-20-8-3-4-12-26-20)24(30)19-7-5-13-28(16-19)35(31,32)23-9-6-14-33-23/h3-4,6,8-12,14-15,19H,2,5,7,13,16-17H2,1H3. The van der Waals surface area contributed by atoms with Crippen molar-refractivity contribution < 1.29 is 13.2 Å². The van der Waals surface area contributed by atoms with Crippen LogP contribution in [0.15, 0.2) is 64.3 Å². The molecule has 0 spiro atoms. The number of nitrogens with zero attached hydrogens (tertiary/aromatic N) is 4. The highest BCUT2D eigenvalue weighted by atomic mass is 32.2. The number of pyridine rings is 1. The molecule has 0 N–H and O–H groups in total. The smallest absolute Gasteiger partial charge is 0.252 e. The van der Waals surface area contributed by atoms with Crippen molar-refractivity contribution in [1.29, 1.82) is 0 Å². The number of piperidine rings is 1. The van der Waals surface area contributed by atoms with E-state index in [4.69, 9.17) is 4.98 Å². The first kappa shape index (κ1) is 24.1. The zero-order valence-corrected chi connectivity index (χ0v) is 21.8. The van der Waals surface area contributed by atoms with Gasteiger partial charge >= 0.3 is 0 Å². The van der Waals surface area contributed by atoms with E-state index >= 15 is 0 Å². The molecule has 0 aliphatic carbocycles. The predicted molar refractivity (Wildman–Crippen MR) is 140 cm³/mol. The summed E-state index contributed by atoms with van der Waals surface area (Å²) in [5.74, 6) is -0.558. The molecule has 0 radical (unpaired) electrons. The molecule has 10 heteroatoms. The first-order valence-corrected chi connectivity index (χ1v) is 14.7. The highest BCUT2D eigenvalue weighted by molar-refractivity contribution is 7.91. The number of thiophene rings is 1. The normalized spacial score (nSPS) is 17.0. The summed E-state index contributed by atoms with van der Waals surface area (Å²) < 4.78 is 29.0. The number of sulfonamides is 1. The van der Waals surface area contributed by atoms with Crippen molar-refractivity contribution >= 4 is 54.0 Å². The van der Waals surface area contributed by atoms with Crippen LogP contribution in [-0.2, 0) is 27.8 Å². The van der Waals surface area contributed by atoms with Gasteiger partial charge in [0.2, 0.25) is 5.91 Å². The first-order chi connectivity index (χ1) is 17.0. The van der Waals surface area contributed by atoms with Crippen LogP contribution in [0.5, 0.6) is 0 Å². The van der Waals surface area contributed by atoms with Crippen molar-refractivity contribution in [2.75, 3.05) is 18.0 Å². The molecule has 7 nitrogen and oxygen atoms in total. The van der Waals surface area contributed by atoms with E-state index in [1.807, 2.05) is 24.3 Å². The Morgan fingerprint density at radius 2 is 2.09 bits per heavy atom. The fourth-order valence-electron chi connectivity index (χ4n) is 4.31. The Hall–Kier alpha value is -2.66. The molecule has 1 atom stereocenters. The van der Waals surface area contributed by atoms with Crippen LogP contribution in [0.2, 0.25) is 0 Å². The minimum absolute atomic E-state index is 0.114. The van der Waals surface area contributed by atoms with Crippen LogP contribution in [0.1, 0.15) is 31.0 Å². The van der Waals surface area contributed by atoms with Gasteiger partial charge in [0.05, 0.1) is 28.4 Å². The van der Waals surface area contributed by atoms with Crippen LogP contribution in [0.3, 0.4) is 0 Å². The monoisotopic (exact) mass is 526 g/mol. The largest absolute Gasteiger partial charge is 0.282 e. The van der Waals surface area contributed by atoms with Crippen molar-refractivity contribution in [3.05, 3.63) is 71.4 Å². The Bertz CT molecular complexity index is 1420. The van der Waals surface area contributed by atoms with E-state index in [0.717, 1.165) is 22.3 Å². The van der Waals surface area contributed by atoms with Crippen molar-refractivity contribution in [3.8, 4) is 0 Å². The molecule has 1 aromatic carbocycles. The molecule has 1 fully saturated rings. The van der Waals surface area contributed by atoms with Gasteiger partial charge in [-0.15, -0.1) is 11.3 Å². The summed E-state index contributed by atoms with van der Waals surface area (Å²) in [6.45, 7) is 2.99. The van der Waals surface area contributed by atoms with E-state index in [1.165, 1.54) is 32.5 Å². The molecule has 1 aliphatic heterocycles. The van der Waals surface area contributed by atoms with E-state index in [1.54, 1.807) is 28.6 Å². The minimum atomic E-state index is -3.61. The zero-order valence-electron chi connectivity index (χ0n) is 19.3. The molecule has 0 bridgehead atoms. The van der Waals surface area contributed by atoms with Crippen LogP contribution in [0.25, 0.3) is 10.2 Å². The third kappa shape index (κ3) is 5.02. The van der Waals surface area contributed by atoms with Gasteiger partial charge in [-0.3, -0.25) is 14.7 Å². The van der Waals surface area contributed by atoms with Crippen molar-refractivity contribution in [2.24, 2.45) is 5.92 Å². The number of benzene rings is 1. The van der Waals surface area contributed by atoms with E-state index in [2.05, 4.69) is 24.0 Å². The second-order valence-corrected chi connectivity index (χ2v) is 12.7.